The second-order valence-electron chi connectivity index (χ2n) is 4.21. The fourth-order valence-corrected chi connectivity index (χ4v) is 2.11. The molecule has 0 saturated heterocycles. The van der Waals surface area contributed by atoms with Crippen LogP contribution in [0.1, 0.15) is 6.92 Å². The Hall–Kier alpha value is -2.48. The zero-order chi connectivity index (χ0) is 14.8. The number of nitrogens with one attached hydrogen (secondary N) is 1. The van der Waals surface area contributed by atoms with Crippen molar-refractivity contribution in [2.24, 2.45) is 0 Å². The molecule has 3 aromatic heterocycles. The summed E-state index contributed by atoms with van der Waals surface area (Å²) < 4.78 is 7.87. The molecule has 3 rings (SSSR count). The lowest BCUT2D eigenvalue weighted by Crippen LogP contribution is -2.07. The molecule has 0 radical (unpaired) electrons. The summed E-state index contributed by atoms with van der Waals surface area (Å²) in [6.07, 6.45) is 3.31. The molecular weight excluding hydrogens is 338 g/mol. The average molecular weight is 348 g/mol. The Morgan fingerprint density at radius 3 is 2.95 bits per heavy atom. The second-order valence-corrected chi connectivity index (χ2v) is 4.92. The summed E-state index contributed by atoms with van der Waals surface area (Å²) in [7, 11) is 0. The van der Waals surface area contributed by atoms with Gasteiger partial charge in [0.1, 0.15) is 17.3 Å². The van der Waals surface area contributed by atoms with Crippen molar-refractivity contribution in [1.82, 2.24) is 19.6 Å². The van der Waals surface area contributed by atoms with E-state index in [2.05, 4.69) is 36.3 Å². The number of amides is 1. The molecule has 1 N–H and O–H groups in total. The van der Waals surface area contributed by atoms with Crippen molar-refractivity contribution >= 4 is 33.3 Å². The van der Waals surface area contributed by atoms with Crippen LogP contribution in [-0.2, 0) is 4.79 Å². The topological polar surface area (TPSA) is 81.4 Å². The fraction of sp³-hybridized carbons (Fsp3) is 0.0769. The van der Waals surface area contributed by atoms with Crippen molar-refractivity contribution in [3.63, 3.8) is 0 Å². The Kier molecular flexibility index (Phi) is 3.53. The highest BCUT2D eigenvalue weighted by molar-refractivity contribution is 9.10. The molecular formula is C13H10BrN5O2. The molecule has 0 fully saturated rings. The third kappa shape index (κ3) is 3.16. The molecule has 3 heterocycles. The van der Waals surface area contributed by atoms with E-state index in [0.717, 1.165) is 0 Å². The zero-order valence-corrected chi connectivity index (χ0v) is 12.5. The molecule has 0 unspecified atom stereocenters. The molecule has 8 heteroatoms. The lowest BCUT2D eigenvalue weighted by atomic mass is 10.4. The van der Waals surface area contributed by atoms with Crippen LogP contribution in [0.5, 0.6) is 11.5 Å². The molecule has 0 atom stereocenters. The number of pyridine rings is 2. The normalized spacial score (nSPS) is 10.6. The van der Waals surface area contributed by atoms with Gasteiger partial charge in [-0.25, -0.2) is 14.5 Å². The quantitative estimate of drug-likeness (QED) is 0.787. The number of hydrogen-bond donors (Lipinski definition) is 1. The first-order valence-corrected chi connectivity index (χ1v) is 6.83. The number of fused-ring (bicyclic) bond motifs is 1. The first-order valence-electron chi connectivity index (χ1n) is 6.03. The van der Waals surface area contributed by atoms with Crippen molar-refractivity contribution in [2.45, 2.75) is 6.92 Å². The van der Waals surface area contributed by atoms with Gasteiger partial charge >= 0.3 is 0 Å². The Morgan fingerprint density at radius 2 is 2.14 bits per heavy atom. The molecule has 0 bridgehead atoms. The summed E-state index contributed by atoms with van der Waals surface area (Å²) in [6.45, 7) is 1.42. The molecule has 106 valence electrons. The zero-order valence-electron chi connectivity index (χ0n) is 10.9. The van der Waals surface area contributed by atoms with Gasteiger partial charge in [-0.2, -0.15) is 0 Å². The summed E-state index contributed by atoms with van der Waals surface area (Å²) in [5.41, 5.74) is 0.663. The molecule has 0 aliphatic rings. The molecule has 0 aromatic carbocycles. The molecule has 0 aliphatic carbocycles. The van der Waals surface area contributed by atoms with Crippen LogP contribution in [-0.4, -0.2) is 25.5 Å². The number of aromatic nitrogens is 4. The molecule has 21 heavy (non-hydrogen) atoms. The van der Waals surface area contributed by atoms with Gasteiger partial charge in [0.25, 0.3) is 0 Å². The number of carbonyl (C=O) groups is 1. The highest BCUT2D eigenvalue weighted by atomic mass is 79.9. The van der Waals surface area contributed by atoms with Crippen LogP contribution in [0.4, 0.5) is 5.82 Å². The smallest absolute Gasteiger partial charge is 0.222 e. The van der Waals surface area contributed by atoms with Crippen molar-refractivity contribution < 1.29 is 9.53 Å². The number of nitrogens with zero attached hydrogens (tertiary/aromatic N) is 4. The summed E-state index contributed by atoms with van der Waals surface area (Å²) in [5.74, 6) is 1.43. The number of ether oxygens (including phenoxy) is 1. The minimum Gasteiger partial charge on any atom is -0.457 e. The van der Waals surface area contributed by atoms with Crippen molar-refractivity contribution in [3.05, 3.63) is 41.4 Å². The van der Waals surface area contributed by atoms with Gasteiger partial charge in [0.05, 0.1) is 0 Å². The SMILES string of the molecule is CC(=O)Nc1cc(Oc2ccn3nc(Br)nc3c2)ccn1. The predicted molar refractivity (Wildman–Crippen MR) is 79.3 cm³/mol. The van der Waals surface area contributed by atoms with E-state index >= 15 is 0 Å². The minimum absolute atomic E-state index is 0.186. The van der Waals surface area contributed by atoms with Crippen molar-refractivity contribution in [3.8, 4) is 11.5 Å². The lowest BCUT2D eigenvalue weighted by molar-refractivity contribution is -0.114. The largest absolute Gasteiger partial charge is 0.457 e. The fourth-order valence-electron chi connectivity index (χ4n) is 1.76. The van der Waals surface area contributed by atoms with Gasteiger partial charge < -0.3 is 10.1 Å². The van der Waals surface area contributed by atoms with Gasteiger partial charge in [0.15, 0.2) is 5.65 Å². The van der Waals surface area contributed by atoms with E-state index in [1.807, 2.05) is 0 Å². The van der Waals surface area contributed by atoms with Crippen molar-refractivity contribution in [1.29, 1.82) is 0 Å². The van der Waals surface area contributed by atoms with E-state index in [1.54, 1.807) is 41.2 Å². The van der Waals surface area contributed by atoms with E-state index < -0.39 is 0 Å². The van der Waals surface area contributed by atoms with Crippen molar-refractivity contribution in [2.75, 3.05) is 5.32 Å². The summed E-state index contributed by atoms with van der Waals surface area (Å²) in [5, 5.41) is 6.72. The highest BCUT2D eigenvalue weighted by Crippen LogP contribution is 2.24. The maximum absolute atomic E-state index is 11.0. The maximum atomic E-state index is 11.0. The number of anilines is 1. The van der Waals surface area contributed by atoms with Gasteiger partial charge in [-0.05, 0) is 28.1 Å². The number of hydrogen-bond acceptors (Lipinski definition) is 5. The van der Waals surface area contributed by atoms with E-state index in [4.69, 9.17) is 4.74 Å². The first-order chi connectivity index (χ1) is 10.1. The van der Waals surface area contributed by atoms with Gasteiger partial charge in [-0.1, -0.05) is 0 Å². The average Bonchev–Trinajstić information content (AvgIpc) is 2.77. The van der Waals surface area contributed by atoms with E-state index in [0.29, 0.717) is 27.7 Å². The third-order valence-corrected chi connectivity index (χ3v) is 2.89. The van der Waals surface area contributed by atoms with Crippen LogP contribution < -0.4 is 10.1 Å². The maximum Gasteiger partial charge on any atom is 0.222 e. The standard InChI is InChI=1S/C13H10BrN5O2/c1-8(20)16-11-6-9(2-4-15-11)21-10-3-5-19-12(7-10)17-13(14)18-19/h2-7H,1H3,(H,15,16,20). The van der Waals surface area contributed by atoms with E-state index in [1.165, 1.54) is 6.92 Å². The first kappa shape index (κ1) is 13.5. The Bertz CT molecular complexity index is 817. The van der Waals surface area contributed by atoms with Gasteiger partial charge in [-0.3, -0.25) is 4.79 Å². The lowest BCUT2D eigenvalue weighted by Gasteiger charge is -2.07. The van der Waals surface area contributed by atoms with E-state index in [-0.39, 0.29) is 5.91 Å². The Labute approximate surface area is 128 Å². The van der Waals surface area contributed by atoms with E-state index in [9.17, 15) is 4.79 Å². The molecule has 7 nitrogen and oxygen atoms in total. The molecule has 1 amide bonds. The van der Waals surface area contributed by atoms with Crippen LogP contribution in [0.3, 0.4) is 0 Å². The van der Waals surface area contributed by atoms with Crippen LogP contribution in [0.15, 0.2) is 41.4 Å². The second kappa shape index (κ2) is 5.49. The van der Waals surface area contributed by atoms with Gasteiger partial charge in [0.2, 0.25) is 10.6 Å². The summed E-state index contributed by atoms with van der Waals surface area (Å²) >= 11 is 3.22. The Balaban J connectivity index is 1.85. The number of carbonyl (C=O) groups excluding carboxylic acids is 1. The Morgan fingerprint density at radius 1 is 1.33 bits per heavy atom. The van der Waals surface area contributed by atoms with Crippen LogP contribution >= 0.6 is 15.9 Å². The number of halogens is 1. The monoisotopic (exact) mass is 347 g/mol. The molecule has 3 aromatic rings. The predicted octanol–water partition coefficient (Wildman–Crippen LogP) is 2.64. The van der Waals surface area contributed by atoms with Crippen LogP contribution in [0.25, 0.3) is 5.65 Å². The third-order valence-electron chi connectivity index (χ3n) is 2.55. The summed E-state index contributed by atoms with van der Waals surface area (Å²) in [6, 6.07) is 6.88. The molecule has 0 aliphatic heterocycles. The molecule has 0 saturated carbocycles. The van der Waals surface area contributed by atoms with Crippen LogP contribution in [0, 0.1) is 0 Å². The van der Waals surface area contributed by atoms with Gasteiger partial charge in [-0.15, -0.1) is 5.10 Å². The molecule has 0 spiro atoms. The highest BCUT2D eigenvalue weighted by Gasteiger charge is 2.05. The van der Waals surface area contributed by atoms with Gasteiger partial charge in [0, 0.05) is 31.5 Å². The summed E-state index contributed by atoms with van der Waals surface area (Å²) in [4.78, 5) is 19.2. The van der Waals surface area contributed by atoms with Crippen LogP contribution in [0.2, 0.25) is 0 Å². The number of rotatable bonds is 3. The minimum atomic E-state index is -0.186.